The van der Waals surface area contributed by atoms with E-state index in [4.69, 9.17) is 16.1 Å². The Labute approximate surface area is 81.6 Å². The highest BCUT2D eigenvalue weighted by atomic mass is 16.4. The summed E-state index contributed by atoms with van der Waals surface area (Å²) >= 11 is 0. The second-order valence-electron chi connectivity index (χ2n) is 2.87. The Kier molecular flexibility index (Phi) is 3.21. The number of carboxylic acids is 1. The third kappa shape index (κ3) is 2.31. The van der Waals surface area contributed by atoms with Gasteiger partial charge in [-0.15, -0.1) is 0 Å². The molecule has 0 heterocycles. The highest BCUT2D eigenvalue weighted by molar-refractivity contribution is 5.71. The minimum absolute atomic E-state index is 0.0952. The van der Waals surface area contributed by atoms with Gasteiger partial charge >= 0.3 is 5.97 Å². The zero-order chi connectivity index (χ0) is 10.6. The largest absolute Gasteiger partial charge is 0.481 e. The minimum Gasteiger partial charge on any atom is -0.481 e. The summed E-state index contributed by atoms with van der Waals surface area (Å²) in [6.07, 6.45) is -0.0952. The van der Waals surface area contributed by atoms with Crippen LogP contribution in [-0.2, 0) is 17.8 Å². The maximum Gasteiger partial charge on any atom is 0.307 e. The van der Waals surface area contributed by atoms with E-state index >= 15 is 0 Å². The van der Waals surface area contributed by atoms with Crippen LogP contribution in [0.4, 0.5) is 0 Å². The first-order valence-electron chi connectivity index (χ1n) is 4.11. The quantitative estimate of drug-likeness (QED) is 0.732. The maximum absolute atomic E-state index is 10.5. The van der Waals surface area contributed by atoms with Crippen molar-refractivity contribution in [2.75, 3.05) is 0 Å². The van der Waals surface area contributed by atoms with E-state index in [-0.39, 0.29) is 13.0 Å². The number of nitrogens with two attached hydrogens (primary N) is 1. The summed E-state index contributed by atoms with van der Waals surface area (Å²) in [5.41, 5.74) is 7.28. The Bertz CT molecular complexity index is 394. The third-order valence-corrected chi connectivity index (χ3v) is 1.90. The molecule has 0 aliphatic heterocycles. The summed E-state index contributed by atoms with van der Waals surface area (Å²) < 4.78 is 0. The second-order valence-corrected chi connectivity index (χ2v) is 2.87. The van der Waals surface area contributed by atoms with Crippen molar-refractivity contribution in [2.45, 2.75) is 13.0 Å². The van der Waals surface area contributed by atoms with E-state index in [0.717, 1.165) is 5.56 Å². The lowest BCUT2D eigenvalue weighted by atomic mass is 10.0. The lowest BCUT2D eigenvalue weighted by Gasteiger charge is -2.05. The predicted octanol–water partition coefficient (Wildman–Crippen LogP) is 0.644. The smallest absolute Gasteiger partial charge is 0.307 e. The average Bonchev–Trinajstić information content (AvgIpc) is 2.16. The molecule has 0 spiro atoms. The molecule has 0 aromatic heterocycles. The SMILES string of the molecule is N#Cc1ccc(CN)c(CC(=O)O)c1. The predicted molar refractivity (Wildman–Crippen MR) is 50.4 cm³/mol. The number of carbonyl (C=O) groups is 1. The fourth-order valence-corrected chi connectivity index (χ4v) is 1.22. The van der Waals surface area contributed by atoms with Crippen LogP contribution in [0.25, 0.3) is 0 Å². The molecule has 4 nitrogen and oxygen atoms in total. The van der Waals surface area contributed by atoms with E-state index in [1.807, 2.05) is 6.07 Å². The van der Waals surface area contributed by atoms with Crippen molar-refractivity contribution in [3.8, 4) is 6.07 Å². The molecule has 0 aliphatic carbocycles. The van der Waals surface area contributed by atoms with Crippen molar-refractivity contribution in [3.63, 3.8) is 0 Å². The molecular formula is C10H10N2O2. The lowest BCUT2D eigenvalue weighted by molar-refractivity contribution is -0.136. The molecule has 0 atom stereocenters. The van der Waals surface area contributed by atoms with E-state index in [2.05, 4.69) is 0 Å². The van der Waals surface area contributed by atoms with Gasteiger partial charge in [-0.3, -0.25) is 4.79 Å². The summed E-state index contributed by atoms with van der Waals surface area (Å²) in [4.78, 5) is 10.5. The summed E-state index contributed by atoms with van der Waals surface area (Å²) in [6, 6.07) is 6.85. The van der Waals surface area contributed by atoms with E-state index in [1.165, 1.54) is 0 Å². The maximum atomic E-state index is 10.5. The fraction of sp³-hybridized carbons (Fsp3) is 0.200. The number of nitriles is 1. The zero-order valence-corrected chi connectivity index (χ0v) is 7.53. The number of nitrogens with zero attached hydrogens (tertiary/aromatic N) is 1. The van der Waals surface area contributed by atoms with Gasteiger partial charge in [0.05, 0.1) is 18.1 Å². The Hall–Kier alpha value is -1.86. The molecule has 0 amide bonds. The van der Waals surface area contributed by atoms with Gasteiger partial charge in [0.2, 0.25) is 0 Å². The molecule has 0 saturated heterocycles. The summed E-state index contributed by atoms with van der Waals surface area (Å²) in [6.45, 7) is 0.286. The minimum atomic E-state index is -0.921. The number of carboxylic acid groups (broad SMARTS) is 1. The fourth-order valence-electron chi connectivity index (χ4n) is 1.22. The molecule has 0 radical (unpaired) electrons. The third-order valence-electron chi connectivity index (χ3n) is 1.90. The number of rotatable bonds is 3. The van der Waals surface area contributed by atoms with Crippen LogP contribution in [0.5, 0.6) is 0 Å². The van der Waals surface area contributed by atoms with Crippen LogP contribution >= 0.6 is 0 Å². The molecule has 0 aliphatic rings. The standard InChI is InChI=1S/C10H10N2O2/c11-5-7-1-2-8(6-12)9(3-7)4-10(13)14/h1-3H,4,6,12H2,(H,13,14). The molecule has 14 heavy (non-hydrogen) atoms. The topological polar surface area (TPSA) is 87.1 Å². The number of hydrogen-bond donors (Lipinski definition) is 2. The second kappa shape index (κ2) is 4.40. The number of hydrogen-bond acceptors (Lipinski definition) is 3. The highest BCUT2D eigenvalue weighted by Gasteiger charge is 2.06. The molecule has 0 bridgehead atoms. The Balaban J connectivity index is 3.09. The van der Waals surface area contributed by atoms with Gasteiger partial charge in [0, 0.05) is 6.54 Å². The summed E-state index contributed by atoms with van der Waals surface area (Å²) in [5, 5.41) is 17.3. The van der Waals surface area contributed by atoms with Gasteiger partial charge in [0.1, 0.15) is 0 Å². The molecule has 1 aromatic rings. The van der Waals surface area contributed by atoms with Gasteiger partial charge in [-0.25, -0.2) is 0 Å². The van der Waals surface area contributed by atoms with Gasteiger partial charge in [0.15, 0.2) is 0 Å². The molecular weight excluding hydrogens is 180 g/mol. The van der Waals surface area contributed by atoms with E-state index < -0.39 is 5.97 Å². The van der Waals surface area contributed by atoms with Crippen LogP contribution in [0.1, 0.15) is 16.7 Å². The van der Waals surface area contributed by atoms with Crippen molar-refractivity contribution in [3.05, 3.63) is 34.9 Å². The van der Waals surface area contributed by atoms with Crippen molar-refractivity contribution in [1.82, 2.24) is 0 Å². The molecule has 0 fully saturated rings. The first kappa shape index (κ1) is 10.2. The molecule has 1 aromatic carbocycles. The van der Waals surface area contributed by atoms with Crippen LogP contribution < -0.4 is 5.73 Å². The van der Waals surface area contributed by atoms with Gasteiger partial charge in [-0.1, -0.05) is 6.07 Å². The van der Waals surface area contributed by atoms with Crippen molar-refractivity contribution in [1.29, 1.82) is 5.26 Å². The molecule has 0 unspecified atom stereocenters. The van der Waals surface area contributed by atoms with Crippen LogP contribution in [-0.4, -0.2) is 11.1 Å². The molecule has 72 valence electrons. The Morgan fingerprint density at radius 1 is 1.50 bits per heavy atom. The zero-order valence-electron chi connectivity index (χ0n) is 7.53. The van der Waals surface area contributed by atoms with Gasteiger partial charge < -0.3 is 10.8 Å². The van der Waals surface area contributed by atoms with Gasteiger partial charge in [-0.2, -0.15) is 5.26 Å². The van der Waals surface area contributed by atoms with Crippen LogP contribution in [0, 0.1) is 11.3 Å². The molecule has 1 rings (SSSR count). The monoisotopic (exact) mass is 190 g/mol. The van der Waals surface area contributed by atoms with Crippen molar-refractivity contribution in [2.24, 2.45) is 5.73 Å². The Morgan fingerprint density at radius 2 is 2.21 bits per heavy atom. The van der Waals surface area contributed by atoms with E-state index in [9.17, 15) is 4.79 Å². The summed E-state index contributed by atoms with van der Waals surface area (Å²) in [5.74, 6) is -0.921. The molecule has 3 N–H and O–H groups in total. The van der Waals surface area contributed by atoms with Gasteiger partial charge in [-0.05, 0) is 23.3 Å². The molecule has 0 saturated carbocycles. The first-order valence-corrected chi connectivity index (χ1v) is 4.11. The van der Waals surface area contributed by atoms with E-state index in [0.29, 0.717) is 11.1 Å². The summed E-state index contributed by atoms with van der Waals surface area (Å²) in [7, 11) is 0. The number of aliphatic carboxylic acids is 1. The van der Waals surface area contributed by atoms with Crippen LogP contribution in [0.15, 0.2) is 18.2 Å². The normalized spacial score (nSPS) is 9.43. The first-order chi connectivity index (χ1) is 6.67. The lowest BCUT2D eigenvalue weighted by Crippen LogP contribution is -2.07. The number of benzene rings is 1. The molecule has 4 heteroatoms. The van der Waals surface area contributed by atoms with E-state index in [1.54, 1.807) is 18.2 Å². The van der Waals surface area contributed by atoms with Crippen LogP contribution in [0.3, 0.4) is 0 Å². The van der Waals surface area contributed by atoms with Crippen LogP contribution in [0.2, 0.25) is 0 Å². The highest BCUT2D eigenvalue weighted by Crippen LogP contribution is 2.12. The van der Waals surface area contributed by atoms with Crippen molar-refractivity contribution >= 4 is 5.97 Å². The van der Waals surface area contributed by atoms with Gasteiger partial charge in [0.25, 0.3) is 0 Å². The van der Waals surface area contributed by atoms with Crippen molar-refractivity contribution < 1.29 is 9.90 Å². The average molecular weight is 190 g/mol. The Morgan fingerprint density at radius 3 is 2.71 bits per heavy atom.